The van der Waals surface area contributed by atoms with Crippen molar-refractivity contribution in [3.63, 3.8) is 0 Å². The van der Waals surface area contributed by atoms with Crippen molar-refractivity contribution in [2.24, 2.45) is 10.8 Å². The maximum absolute atomic E-state index is 12.9. The summed E-state index contributed by atoms with van der Waals surface area (Å²) in [6, 6.07) is 5.81. The first-order chi connectivity index (χ1) is 10.1. The van der Waals surface area contributed by atoms with Crippen molar-refractivity contribution >= 4 is 17.6 Å². The van der Waals surface area contributed by atoms with Crippen molar-refractivity contribution in [3.05, 3.63) is 29.3 Å². The molecule has 1 aliphatic carbocycles. The Labute approximate surface area is 131 Å². The standard InChI is InChI=1S/C18H23NO3/c1-11-6-7-13(10-12(11)2)19-14(20)18-9-8-17(5,15(21)22-18)16(18,3)4/h6-7,10H,8-9H2,1-5H3,(H,19,20). The average molecular weight is 301 g/mol. The molecule has 1 aromatic rings. The highest BCUT2D eigenvalue weighted by atomic mass is 16.6. The second-order valence-corrected chi connectivity index (χ2v) is 7.43. The SMILES string of the molecule is Cc1ccc(NC(=O)C23CCC(C)(C(=O)O2)C3(C)C)cc1C. The number of aryl methyl sites for hydroxylation is 2. The summed E-state index contributed by atoms with van der Waals surface area (Å²) in [6.07, 6.45) is 1.28. The molecule has 2 atom stereocenters. The van der Waals surface area contributed by atoms with Crippen LogP contribution < -0.4 is 5.32 Å². The maximum Gasteiger partial charge on any atom is 0.313 e. The van der Waals surface area contributed by atoms with Gasteiger partial charge < -0.3 is 10.1 Å². The fraction of sp³-hybridized carbons (Fsp3) is 0.556. The molecule has 1 amide bonds. The minimum atomic E-state index is -1.06. The molecule has 2 bridgehead atoms. The first-order valence-electron chi connectivity index (χ1n) is 7.76. The molecule has 1 heterocycles. The summed E-state index contributed by atoms with van der Waals surface area (Å²) in [7, 11) is 0. The topological polar surface area (TPSA) is 55.4 Å². The van der Waals surface area contributed by atoms with Gasteiger partial charge in [-0.1, -0.05) is 19.9 Å². The molecule has 0 spiro atoms. The van der Waals surface area contributed by atoms with Gasteiger partial charge in [0.2, 0.25) is 0 Å². The zero-order chi connectivity index (χ0) is 16.3. The summed E-state index contributed by atoms with van der Waals surface area (Å²) in [4.78, 5) is 25.1. The van der Waals surface area contributed by atoms with Crippen LogP contribution in [0.1, 0.15) is 44.7 Å². The van der Waals surface area contributed by atoms with Gasteiger partial charge in [-0.2, -0.15) is 0 Å². The van der Waals surface area contributed by atoms with Crippen molar-refractivity contribution in [1.29, 1.82) is 0 Å². The Hall–Kier alpha value is -1.84. The van der Waals surface area contributed by atoms with E-state index in [1.807, 2.05) is 52.8 Å². The molecular formula is C18H23NO3. The van der Waals surface area contributed by atoms with Crippen molar-refractivity contribution < 1.29 is 14.3 Å². The third-order valence-electron chi connectivity index (χ3n) is 6.22. The highest BCUT2D eigenvalue weighted by Crippen LogP contribution is 2.65. The Morgan fingerprint density at radius 1 is 1.14 bits per heavy atom. The number of benzene rings is 1. The first kappa shape index (κ1) is 15.1. The average Bonchev–Trinajstić information content (AvgIpc) is 2.73. The lowest BCUT2D eigenvalue weighted by Crippen LogP contribution is -2.50. The van der Waals surface area contributed by atoms with Crippen LogP contribution in [0.2, 0.25) is 0 Å². The number of esters is 1. The number of hydrogen-bond donors (Lipinski definition) is 1. The summed E-state index contributed by atoms with van der Waals surface area (Å²) in [6.45, 7) is 9.88. The molecule has 0 aromatic heterocycles. The van der Waals surface area contributed by atoms with Gasteiger partial charge in [-0.15, -0.1) is 0 Å². The molecule has 3 rings (SSSR count). The highest BCUT2D eigenvalue weighted by Gasteiger charge is 2.75. The van der Waals surface area contributed by atoms with Crippen molar-refractivity contribution in [2.45, 2.75) is 53.1 Å². The monoisotopic (exact) mass is 301 g/mol. The molecule has 2 unspecified atom stereocenters. The lowest BCUT2D eigenvalue weighted by molar-refractivity contribution is -0.165. The summed E-state index contributed by atoms with van der Waals surface area (Å²) in [5.41, 5.74) is 0.896. The molecule has 22 heavy (non-hydrogen) atoms. The smallest absolute Gasteiger partial charge is 0.313 e. The molecule has 4 heteroatoms. The Morgan fingerprint density at radius 2 is 1.82 bits per heavy atom. The number of carbonyl (C=O) groups is 2. The van der Waals surface area contributed by atoms with Crippen LogP contribution in [-0.4, -0.2) is 17.5 Å². The molecule has 4 nitrogen and oxygen atoms in total. The van der Waals surface area contributed by atoms with Gasteiger partial charge in [0.15, 0.2) is 5.60 Å². The van der Waals surface area contributed by atoms with Gasteiger partial charge in [0.25, 0.3) is 5.91 Å². The van der Waals surface area contributed by atoms with E-state index < -0.39 is 16.4 Å². The van der Waals surface area contributed by atoms with Crippen LogP contribution in [0, 0.1) is 24.7 Å². The Balaban J connectivity index is 1.92. The van der Waals surface area contributed by atoms with Gasteiger partial charge in [0.1, 0.15) is 0 Å². The van der Waals surface area contributed by atoms with Crippen LogP contribution in [0.5, 0.6) is 0 Å². The minimum Gasteiger partial charge on any atom is -0.448 e. The van der Waals surface area contributed by atoms with Gasteiger partial charge >= 0.3 is 5.97 Å². The van der Waals surface area contributed by atoms with E-state index >= 15 is 0 Å². The number of amides is 1. The number of hydrogen-bond acceptors (Lipinski definition) is 3. The summed E-state index contributed by atoms with van der Waals surface area (Å²) < 4.78 is 5.60. The number of anilines is 1. The van der Waals surface area contributed by atoms with Crippen LogP contribution in [0.4, 0.5) is 5.69 Å². The number of carbonyl (C=O) groups excluding carboxylic acids is 2. The van der Waals surface area contributed by atoms with Gasteiger partial charge in [-0.25, -0.2) is 0 Å². The summed E-state index contributed by atoms with van der Waals surface area (Å²) >= 11 is 0. The zero-order valence-electron chi connectivity index (χ0n) is 13.9. The van der Waals surface area contributed by atoms with Gasteiger partial charge in [0, 0.05) is 11.1 Å². The fourth-order valence-electron chi connectivity index (χ4n) is 3.80. The van der Waals surface area contributed by atoms with E-state index in [-0.39, 0.29) is 11.9 Å². The molecular weight excluding hydrogens is 278 g/mol. The number of rotatable bonds is 2. The summed E-state index contributed by atoms with van der Waals surface area (Å²) in [5, 5.41) is 2.95. The van der Waals surface area contributed by atoms with E-state index in [1.54, 1.807) is 0 Å². The Morgan fingerprint density at radius 3 is 2.32 bits per heavy atom. The van der Waals surface area contributed by atoms with E-state index in [1.165, 1.54) is 5.56 Å². The molecule has 118 valence electrons. The van der Waals surface area contributed by atoms with Crippen LogP contribution in [-0.2, 0) is 14.3 Å². The molecule has 1 aromatic carbocycles. The minimum absolute atomic E-state index is 0.213. The number of fused-ring (bicyclic) bond motifs is 2. The Kier molecular flexibility index (Phi) is 2.97. The van der Waals surface area contributed by atoms with E-state index in [2.05, 4.69) is 5.32 Å². The fourth-order valence-corrected chi connectivity index (χ4v) is 3.80. The molecule has 1 saturated carbocycles. The lowest BCUT2D eigenvalue weighted by Gasteiger charge is -2.35. The third-order valence-corrected chi connectivity index (χ3v) is 6.22. The zero-order valence-corrected chi connectivity index (χ0v) is 13.9. The summed E-state index contributed by atoms with van der Waals surface area (Å²) in [5.74, 6) is -0.464. The molecule has 0 radical (unpaired) electrons. The first-order valence-corrected chi connectivity index (χ1v) is 7.76. The quantitative estimate of drug-likeness (QED) is 0.852. The van der Waals surface area contributed by atoms with Crippen molar-refractivity contribution in [3.8, 4) is 0 Å². The van der Waals surface area contributed by atoms with Crippen molar-refractivity contribution in [1.82, 2.24) is 0 Å². The predicted octanol–water partition coefficient (Wildman–Crippen LogP) is 3.36. The number of ether oxygens (including phenoxy) is 1. The van der Waals surface area contributed by atoms with Gasteiger partial charge in [-0.05, 0) is 56.9 Å². The second-order valence-electron chi connectivity index (χ2n) is 7.43. The molecule has 1 N–H and O–H groups in total. The Bertz CT molecular complexity index is 679. The lowest BCUT2D eigenvalue weighted by atomic mass is 9.66. The van der Waals surface area contributed by atoms with Crippen molar-refractivity contribution in [2.75, 3.05) is 5.32 Å². The molecule has 1 aliphatic heterocycles. The number of nitrogens with one attached hydrogen (secondary N) is 1. The van der Waals surface area contributed by atoms with Gasteiger partial charge in [-0.3, -0.25) is 9.59 Å². The largest absolute Gasteiger partial charge is 0.448 e. The second kappa shape index (κ2) is 4.34. The third kappa shape index (κ3) is 1.64. The highest BCUT2D eigenvalue weighted by molar-refractivity contribution is 6.03. The van der Waals surface area contributed by atoms with Crippen LogP contribution in [0.25, 0.3) is 0 Å². The normalized spacial score (nSPS) is 32.0. The van der Waals surface area contributed by atoms with E-state index in [9.17, 15) is 9.59 Å². The van der Waals surface area contributed by atoms with Crippen LogP contribution >= 0.6 is 0 Å². The van der Waals surface area contributed by atoms with E-state index in [0.29, 0.717) is 12.8 Å². The van der Waals surface area contributed by atoms with Gasteiger partial charge in [0.05, 0.1) is 5.41 Å². The van der Waals surface area contributed by atoms with Crippen LogP contribution in [0.15, 0.2) is 18.2 Å². The molecule has 2 aliphatic rings. The van der Waals surface area contributed by atoms with E-state index in [4.69, 9.17) is 4.74 Å². The molecule has 1 saturated heterocycles. The molecule has 2 fully saturated rings. The van der Waals surface area contributed by atoms with E-state index in [0.717, 1.165) is 11.3 Å². The maximum atomic E-state index is 12.9. The predicted molar refractivity (Wildman–Crippen MR) is 84.5 cm³/mol. The van der Waals surface area contributed by atoms with Crippen LogP contribution in [0.3, 0.4) is 0 Å².